The number of carbonyl (C=O) groups is 1. The molecule has 1 aliphatic carbocycles. The van der Waals surface area contributed by atoms with Gasteiger partial charge in [-0.1, -0.05) is 37.1 Å². The number of benzene rings is 1. The molecule has 26 heavy (non-hydrogen) atoms. The minimum atomic E-state index is 0.0588. The van der Waals surface area contributed by atoms with Crippen LogP contribution in [0.1, 0.15) is 52.5 Å². The van der Waals surface area contributed by atoms with Gasteiger partial charge in [0.15, 0.2) is 0 Å². The monoisotopic (exact) mass is 358 g/mol. The summed E-state index contributed by atoms with van der Waals surface area (Å²) < 4.78 is 5.17. The van der Waals surface area contributed by atoms with E-state index in [0.717, 1.165) is 25.1 Å². The number of allylic oxidation sites excluding steroid dienone is 1. The van der Waals surface area contributed by atoms with E-state index in [1.165, 1.54) is 24.0 Å². The molecule has 1 amide bonds. The zero-order valence-electron chi connectivity index (χ0n) is 16.9. The van der Waals surface area contributed by atoms with Crippen molar-refractivity contribution in [1.82, 2.24) is 10.6 Å². The van der Waals surface area contributed by atoms with Crippen molar-refractivity contribution in [2.45, 2.75) is 59.4 Å². The van der Waals surface area contributed by atoms with Crippen LogP contribution in [0.15, 0.2) is 35.4 Å². The molecule has 4 nitrogen and oxygen atoms in total. The third-order valence-corrected chi connectivity index (χ3v) is 5.59. The summed E-state index contributed by atoms with van der Waals surface area (Å²) in [6.45, 7) is 10.2. The molecule has 2 N–H and O–H groups in total. The third-order valence-electron chi connectivity index (χ3n) is 5.59. The molecule has 1 aliphatic rings. The second-order valence-corrected chi connectivity index (χ2v) is 8.06. The summed E-state index contributed by atoms with van der Waals surface area (Å²) >= 11 is 0. The van der Waals surface area contributed by atoms with Crippen molar-refractivity contribution in [3.05, 3.63) is 41.0 Å². The van der Waals surface area contributed by atoms with Crippen molar-refractivity contribution in [1.29, 1.82) is 0 Å². The minimum absolute atomic E-state index is 0.0588. The highest BCUT2D eigenvalue weighted by molar-refractivity contribution is 5.78. The van der Waals surface area contributed by atoms with E-state index >= 15 is 0 Å². The lowest BCUT2D eigenvalue weighted by Gasteiger charge is -2.19. The molecule has 0 aliphatic heterocycles. The van der Waals surface area contributed by atoms with E-state index in [1.807, 2.05) is 31.2 Å². The molecule has 0 spiro atoms. The van der Waals surface area contributed by atoms with Crippen molar-refractivity contribution in [3.8, 4) is 5.75 Å². The van der Waals surface area contributed by atoms with Gasteiger partial charge in [0.25, 0.3) is 0 Å². The molecule has 0 saturated heterocycles. The fraction of sp³-hybridized carbons (Fsp3) is 0.591. The molecule has 1 atom stereocenters. The van der Waals surface area contributed by atoms with Crippen LogP contribution in [-0.4, -0.2) is 32.1 Å². The first kappa shape index (κ1) is 20.5. The number of carbonyl (C=O) groups excluding carboxylic acids is 1. The van der Waals surface area contributed by atoms with Crippen LogP contribution in [0.2, 0.25) is 0 Å². The normalized spacial score (nSPS) is 17.3. The lowest BCUT2D eigenvalue weighted by atomic mass is 9.86. The van der Waals surface area contributed by atoms with Crippen molar-refractivity contribution >= 4 is 5.91 Å². The van der Waals surface area contributed by atoms with Crippen molar-refractivity contribution in [2.24, 2.45) is 5.41 Å². The highest BCUT2D eigenvalue weighted by Gasteiger charge is 2.28. The summed E-state index contributed by atoms with van der Waals surface area (Å²) in [6, 6.07) is 8.09. The second-order valence-electron chi connectivity index (χ2n) is 8.06. The van der Waals surface area contributed by atoms with Crippen LogP contribution >= 0.6 is 0 Å². The molecule has 0 fully saturated rings. The van der Waals surface area contributed by atoms with Crippen molar-refractivity contribution in [3.63, 3.8) is 0 Å². The number of hydrogen-bond acceptors (Lipinski definition) is 3. The zero-order chi connectivity index (χ0) is 19.2. The highest BCUT2D eigenvalue weighted by Crippen LogP contribution is 2.42. The van der Waals surface area contributed by atoms with Crippen LogP contribution in [0.3, 0.4) is 0 Å². The van der Waals surface area contributed by atoms with Gasteiger partial charge in [-0.05, 0) is 69.2 Å². The van der Waals surface area contributed by atoms with Crippen molar-refractivity contribution < 1.29 is 9.53 Å². The molecule has 0 aromatic heterocycles. The predicted octanol–water partition coefficient (Wildman–Crippen LogP) is 3.86. The standard InChI is InChI=1S/C22H34N2O2/c1-16(14-18-6-8-20(26-5)9-7-18)24-21(25)15-23-13-11-19-10-12-22(3,4)17(19)2/h6-9,16,23H,10-15H2,1-5H3,(H,24,25). The Hall–Kier alpha value is -1.81. The van der Waals surface area contributed by atoms with E-state index in [4.69, 9.17) is 4.74 Å². The van der Waals surface area contributed by atoms with Gasteiger partial charge in [0.05, 0.1) is 13.7 Å². The Morgan fingerprint density at radius 3 is 2.54 bits per heavy atom. The van der Waals surface area contributed by atoms with Crippen LogP contribution in [-0.2, 0) is 11.2 Å². The van der Waals surface area contributed by atoms with E-state index in [2.05, 4.69) is 31.4 Å². The molecule has 0 radical (unpaired) electrons. The van der Waals surface area contributed by atoms with Gasteiger partial charge >= 0.3 is 0 Å². The van der Waals surface area contributed by atoms with Crippen LogP contribution in [0.25, 0.3) is 0 Å². The van der Waals surface area contributed by atoms with Gasteiger partial charge in [0, 0.05) is 6.04 Å². The maximum atomic E-state index is 12.1. The Bertz CT molecular complexity index is 632. The Balaban J connectivity index is 1.66. The molecular formula is C22H34N2O2. The average molecular weight is 359 g/mol. The van der Waals surface area contributed by atoms with E-state index in [9.17, 15) is 4.79 Å². The number of ether oxygens (including phenoxy) is 1. The first-order chi connectivity index (χ1) is 12.3. The SMILES string of the molecule is COc1ccc(CC(C)NC(=O)CNCCC2=C(C)C(C)(C)CC2)cc1. The molecular weight excluding hydrogens is 324 g/mol. The summed E-state index contributed by atoms with van der Waals surface area (Å²) in [5, 5.41) is 6.34. The molecule has 0 heterocycles. The summed E-state index contributed by atoms with van der Waals surface area (Å²) in [5.74, 6) is 0.911. The average Bonchev–Trinajstić information content (AvgIpc) is 2.86. The molecule has 4 heteroatoms. The quantitative estimate of drug-likeness (QED) is 0.521. The molecule has 144 valence electrons. The summed E-state index contributed by atoms with van der Waals surface area (Å²) in [4.78, 5) is 12.1. The van der Waals surface area contributed by atoms with Gasteiger partial charge < -0.3 is 15.4 Å². The van der Waals surface area contributed by atoms with Crippen LogP contribution in [0.4, 0.5) is 0 Å². The minimum Gasteiger partial charge on any atom is -0.497 e. The fourth-order valence-electron chi connectivity index (χ4n) is 3.56. The van der Waals surface area contributed by atoms with Gasteiger partial charge in [-0.3, -0.25) is 4.79 Å². The maximum absolute atomic E-state index is 12.1. The first-order valence-corrected chi connectivity index (χ1v) is 9.64. The topological polar surface area (TPSA) is 50.4 Å². The number of methoxy groups -OCH3 is 1. The predicted molar refractivity (Wildman–Crippen MR) is 108 cm³/mol. The Labute approximate surface area is 158 Å². The van der Waals surface area contributed by atoms with Crippen LogP contribution in [0, 0.1) is 5.41 Å². The van der Waals surface area contributed by atoms with Crippen LogP contribution < -0.4 is 15.4 Å². The number of nitrogens with one attached hydrogen (secondary N) is 2. The van der Waals surface area contributed by atoms with E-state index in [-0.39, 0.29) is 11.9 Å². The Morgan fingerprint density at radius 1 is 1.27 bits per heavy atom. The van der Waals surface area contributed by atoms with Crippen molar-refractivity contribution in [2.75, 3.05) is 20.2 Å². The highest BCUT2D eigenvalue weighted by atomic mass is 16.5. The number of hydrogen-bond donors (Lipinski definition) is 2. The van der Waals surface area contributed by atoms with E-state index in [1.54, 1.807) is 12.7 Å². The van der Waals surface area contributed by atoms with Gasteiger partial charge in [-0.2, -0.15) is 0 Å². The second kappa shape index (κ2) is 9.22. The molecule has 1 unspecified atom stereocenters. The fourth-order valence-corrected chi connectivity index (χ4v) is 3.56. The zero-order valence-corrected chi connectivity index (χ0v) is 16.9. The molecule has 0 saturated carbocycles. The molecule has 0 bridgehead atoms. The van der Waals surface area contributed by atoms with Gasteiger partial charge in [0.1, 0.15) is 5.75 Å². The third kappa shape index (κ3) is 5.87. The molecule has 2 rings (SSSR count). The first-order valence-electron chi connectivity index (χ1n) is 9.64. The molecule has 1 aromatic rings. The Morgan fingerprint density at radius 2 is 1.96 bits per heavy atom. The van der Waals surface area contributed by atoms with Gasteiger partial charge in [0.2, 0.25) is 5.91 Å². The largest absolute Gasteiger partial charge is 0.497 e. The smallest absolute Gasteiger partial charge is 0.234 e. The lowest BCUT2D eigenvalue weighted by Crippen LogP contribution is -2.40. The van der Waals surface area contributed by atoms with E-state index < -0.39 is 0 Å². The van der Waals surface area contributed by atoms with Crippen LogP contribution in [0.5, 0.6) is 5.75 Å². The Kier molecular flexibility index (Phi) is 7.27. The summed E-state index contributed by atoms with van der Waals surface area (Å²) in [5.41, 5.74) is 4.65. The summed E-state index contributed by atoms with van der Waals surface area (Å²) in [7, 11) is 1.66. The van der Waals surface area contributed by atoms with Gasteiger partial charge in [-0.15, -0.1) is 0 Å². The number of amides is 1. The van der Waals surface area contributed by atoms with E-state index in [0.29, 0.717) is 12.0 Å². The molecule has 1 aromatic carbocycles. The maximum Gasteiger partial charge on any atom is 0.234 e. The number of rotatable bonds is 9. The lowest BCUT2D eigenvalue weighted by molar-refractivity contribution is -0.120. The van der Waals surface area contributed by atoms with Gasteiger partial charge in [-0.25, -0.2) is 0 Å². The summed E-state index contributed by atoms with van der Waals surface area (Å²) in [6.07, 6.45) is 4.31.